The van der Waals surface area contributed by atoms with Crippen LogP contribution in [0.4, 0.5) is 14.5 Å². The van der Waals surface area contributed by atoms with Crippen molar-refractivity contribution in [3.05, 3.63) is 90.0 Å². The van der Waals surface area contributed by atoms with Gasteiger partial charge in [-0.3, -0.25) is 13.9 Å². The third-order valence-electron chi connectivity index (χ3n) is 6.60. The summed E-state index contributed by atoms with van der Waals surface area (Å²) >= 11 is 0. The minimum Gasteiger partial charge on any atom is -0.494 e. The van der Waals surface area contributed by atoms with Gasteiger partial charge in [-0.05, 0) is 86.0 Å². The summed E-state index contributed by atoms with van der Waals surface area (Å²) in [6.07, 6.45) is 1.88. The highest BCUT2D eigenvalue weighted by Gasteiger charge is 2.33. The summed E-state index contributed by atoms with van der Waals surface area (Å²) in [4.78, 5) is 28.4. The largest absolute Gasteiger partial charge is 0.494 e. The fourth-order valence-electron chi connectivity index (χ4n) is 4.35. The average molecular weight is 602 g/mol. The number of halogens is 2. The van der Waals surface area contributed by atoms with Gasteiger partial charge in [-0.2, -0.15) is 0 Å². The van der Waals surface area contributed by atoms with Gasteiger partial charge >= 0.3 is 0 Å². The van der Waals surface area contributed by atoms with E-state index in [1.54, 1.807) is 13.8 Å². The van der Waals surface area contributed by atoms with Crippen LogP contribution in [0.1, 0.15) is 45.6 Å². The number of amides is 2. The minimum atomic E-state index is -4.32. The first kappa shape index (κ1) is 32.5. The smallest absolute Gasteiger partial charge is 0.264 e. The van der Waals surface area contributed by atoms with Gasteiger partial charge in [0.2, 0.25) is 11.8 Å². The third kappa shape index (κ3) is 8.51. The molecule has 42 heavy (non-hydrogen) atoms. The van der Waals surface area contributed by atoms with E-state index in [-0.39, 0.29) is 29.5 Å². The number of rotatable bonds is 15. The van der Waals surface area contributed by atoms with Crippen molar-refractivity contribution in [2.75, 3.05) is 24.0 Å². The van der Waals surface area contributed by atoms with Gasteiger partial charge in [-0.1, -0.05) is 32.4 Å². The maximum atomic E-state index is 14.0. The second kappa shape index (κ2) is 15.3. The summed E-state index contributed by atoms with van der Waals surface area (Å²) in [6.45, 7) is 5.65. The topological polar surface area (TPSA) is 96.0 Å². The Morgan fingerprint density at radius 1 is 0.881 bits per heavy atom. The lowest BCUT2D eigenvalue weighted by Crippen LogP contribution is -2.52. The molecule has 0 saturated heterocycles. The van der Waals surface area contributed by atoms with Crippen molar-refractivity contribution in [3.8, 4) is 5.75 Å². The first-order chi connectivity index (χ1) is 20.1. The molecule has 2 amide bonds. The van der Waals surface area contributed by atoms with E-state index in [0.717, 1.165) is 29.3 Å². The molecule has 0 saturated carbocycles. The predicted octanol–water partition coefficient (Wildman–Crippen LogP) is 5.28. The van der Waals surface area contributed by atoms with Crippen LogP contribution in [0.5, 0.6) is 5.75 Å². The Balaban J connectivity index is 2.02. The molecule has 226 valence electrons. The lowest BCUT2D eigenvalue weighted by atomic mass is 10.1. The van der Waals surface area contributed by atoms with Gasteiger partial charge in [0, 0.05) is 13.1 Å². The van der Waals surface area contributed by atoms with Crippen LogP contribution in [-0.2, 0) is 26.2 Å². The van der Waals surface area contributed by atoms with Gasteiger partial charge in [0.15, 0.2) is 0 Å². The van der Waals surface area contributed by atoms with E-state index in [9.17, 15) is 26.8 Å². The molecule has 0 radical (unpaired) electrons. The second-order valence-corrected chi connectivity index (χ2v) is 11.5. The Morgan fingerprint density at radius 3 is 2.02 bits per heavy atom. The number of hydrogen-bond acceptors (Lipinski definition) is 5. The second-order valence-electron chi connectivity index (χ2n) is 9.61. The SMILES string of the molecule is CCCCNC(=O)[C@H](CC)N(Cc1ccc(F)cc1)C(=O)CN(c1ccc(F)cc1)S(=O)(=O)c1ccc(OCC)cc1. The molecular weight excluding hydrogens is 564 g/mol. The molecule has 1 atom stereocenters. The lowest BCUT2D eigenvalue weighted by molar-refractivity contribution is -0.140. The van der Waals surface area contributed by atoms with E-state index in [2.05, 4.69) is 5.32 Å². The summed E-state index contributed by atoms with van der Waals surface area (Å²) in [7, 11) is -4.32. The number of unbranched alkanes of at least 4 members (excludes halogenated alkanes) is 1. The summed E-state index contributed by atoms with van der Waals surface area (Å²) in [5, 5.41) is 2.85. The molecule has 0 fully saturated rings. The number of carbonyl (C=O) groups excluding carboxylic acids is 2. The van der Waals surface area contributed by atoms with E-state index in [1.807, 2.05) is 6.92 Å². The van der Waals surface area contributed by atoms with Gasteiger partial charge in [0.05, 0.1) is 17.2 Å². The Labute approximate surface area is 246 Å². The molecule has 0 bridgehead atoms. The van der Waals surface area contributed by atoms with Crippen molar-refractivity contribution in [1.29, 1.82) is 0 Å². The van der Waals surface area contributed by atoms with E-state index in [1.165, 1.54) is 65.6 Å². The lowest BCUT2D eigenvalue weighted by Gasteiger charge is -2.33. The number of carbonyl (C=O) groups is 2. The average Bonchev–Trinajstić information content (AvgIpc) is 2.98. The van der Waals surface area contributed by atoms with Gasteiger partial charge in [-0.15, -0.1) is 0 Å². The van der Waals surface area contributed by atoms with Crippen molar-refractivity contribution in [1.82, 2.24) is 10.2 Å². The normalized spacial score (nSPS) is 11.9. The summed E-state index contributed by atoms with van der Waals surface area (Å²) < 4.78 is 61.5. The van der Waals surface area contributed by atoms with Gasteiger partial charge < -0.3 is 15.0 Å². The van der Waals surface area contributed by atoms with Crippen LogP contribution in [0.25, 0.3) is 0 Å². The third-order valence-corrected chi connectivity index (χ3v) is 8.39. The zero-order valence-corrected chi connectivity index (χ0v) is 24.9. The van der Waals surface area contributed by atoms with E-state index in [0.29, 0.717) is 24.5 Å². The Morgan fingerprint density at radius 2 is 1.48 bits per heavy atom. The predicted molar refractivity (Wildman–Crippen MR) is 157 cm³/mol. The molecule has 1 N–H and O–H groups in total. The maximum absolute atomic E-state index is 14.0. The first-order valence-electron chi connectivity index (χ1n) is 13.9. The highest BCUT2D eigenvalue weighted by molar-refractivity contribution is 7.92. The van der Waals surface area contributed by atoms with Crippen LogP contribution < -0.4 is 14.4 Å². The van der Waals surface area contributed by atoms with Crippen LogP contribution in [0.15, 0.2) is 77.7 Å². The molecule has 3 rings (SSSR count). The molecule has 3 aromatic rings. The number of nitrogens with zero attached hydrogens (tertiary/aromatic N) is 2. The molecule has 0 aliphatic carbocycles. The van der Waals surface area contributed by atoms with Crippen molar-refractivity contribution in [2.45, 2.75) is 57.5 Å². The molecule has 3 aromatic carbocycles. The van der Waals surface area contributed by atoms with Gasteiger partial charge in [0.25, 0.3) is 10.0 Å². The monoisotopic (exact) mass is 601 g/mol. The number of hydrogen-bond donors (Lipinski definition) is 1. The van der Waals surface area contributed by atoms with Crippen molar-refractivity contribution in [2.24, 2.45) is 0 Å². The molecule has 0 unspecified atom stereocenters. The molecule has 0 aromatic heterocycles. The first-order valence-corrected chi connectivity index (χ1v) is 15.4. The zero-order valence-electron chi connectivity index (χ0n) is 24.1. The Hall–Kier alpha value is -3.99. The van der Waals surface area contributed by atoms with Crippen LogP contribution in [0.2, 0.25) is 0 Å². The molecule has 0 aliphatic heterocycles. The number of sulfonamides is 1. The fraction of sp³-hybridized carbons (Fsp3) is 0.355. The highest BCUT2D eigenvalue weighted by atomic mass is 32.2. The molecule has 8 nitrogen and oxygen atoms in total. The Bertz CT molecular complexity index is 1420. The highest BCUT2D eigenvalue weighted by Crippen LogP contribution is 2.26. The van der Waals surface area contributed by atoms with E-state index >= 15 is 0 Å². The zero-order chi connectivity index (χ0) is 30.7. The van der Waals surface area contributed by atoms with Crippen LogP contribution >= 0.6 is 0 Å². The number of nitrogens with one attached hydrogen (secondary N) is 1. The van der Waals surface area contributed by atoms with Crippen LogP contribution in [0.3, 0.4) is 0 Å². The fourth-order valence-corrected chi connectivity index (χ4v) is 5.76. The standard InChI is InChI=1S/C31H37F2N3O5S/c1-4-7-20-34-31(38)29(5-2)35(21-23-8-10-24(32)11-9-23)30(37)22-36(26-14-12-25(33)13-15-26)42(39,40)28-18-16-27(17-19-28)41-6-3/h8-19,29H,4-7,20-22H2,1-3H3,(H,34,38)/t29-/m0/s1. The summed E-state index contributed by atoms with van der Waals surface area (Å²) in [6, 6.07) is 15.1. The molecule has 0 spiro atoms. The van der Waals surface area contributed by atoms with Crippen molar-refractivity contribution < 1.29 is 31.5 Å². The molecule has 0 heterocycles. The molecule has 11 heteroatoms. The van der Waals surface area contributed by atoms with E-state index < -0.39 is 40.2 Å². The van der Waals surface area contributed by atoms with E-state index in [4.69, 9.17) is 4.74 Å². The maximum Gasteiger partial charge on any atom is 0.264 e. The minimum absolute atomic E-state index is 0.0564. The van der Waals surface area contributed by atoms with Crippen LogP contribution in [-0.4, -0.2) is 50.9 Å². The number of benzene rings is 3. The quantitative estimate of drug-likeness (QED) is 0.239. The molecule has 0 aliphatic rings. The Kier molecular flexibility index (Phi) is 11.8. The number of ether oxygens (including phenoxy) is 1. The summed E-state index contributed by atoms with van der Waals surface area (Å²) in [5.41, 5.74) is 0.632. The number of anilines is 1. The van der Waals surface area contributed by atoms with Gasteiger partial charge in [0.1, 0.15) is 30.0 Å². The van der Waals surface area contributed by atoms with Crippen LogP contribution in [0, 0.1) is 11.6 Å². The molecular formula is C31H37F2N3O5S. The van der Waals surface area contributed by atoms with Crippen molar-refractivity contribution >= 4 is 27.5 Å². The summed E-state index contributed by atoms with van der Waals surface area (Å²) in [5.74, 6) is -1.58. The van der Waals surface area contributed by atoms with Gasteiger partial charge in [-0.25, -0.2) is 17.2 Å². The van der Waals surface area contributed by atoms with Crippen molar-refractivity contribution in [3.63, 3.8) is 0 Å².